The van der Waals surface area contributed by atoms with E-state index >= 15 is 0 Å². The van der Waals surface area contributed by atoms with Crippen molar-refractivity contribution < 1.29 is 9.59 Å². The van der Waals surface area contributed by atoms with Crippen molar-refractivity contribution in [2.75, 3.05) is 25.0 Å². The summed E-state index contributed by atoms with van der Waals surface area (Å²) < 4.78 is 0.958. The molecule has 1 spiro atoms. The highest BCUT2D eigenvalue weighted by Gasteiger charge is 2.42. The van der Waals surface area contributed by atoms with Crippen molar-refractivity contribution in [1.29, 1.82) is 0 Å². The van der Waals surface area contributed by atoms with Crippen molar-refractivity contribution in [3.05, 3.63) is 63.1 Å². The van der Waals surface area contributed by atoms with Gasteiger partial charge in [0.1, 0.15) is 11.4 Å². The molecule has 30 heavy (non-hydrogen) atoms. The molecule has 0 radical (unpaired) electrons. The van der Waals surface area contributed by atoms with Gasteiger partial charge in [0.15, 0.2) is 0 Å². The lowest BCUT2D eigenvalue weighted by Gasteiger charge is -2.36. The average Bonchev–Trinajstić information content (AvgIpc) is 3.03. The van der Waals surface area contributed by atoms with Crippen LogP contribution in [0.1, 0.15) is 24.0 Å². The minimum absolute atomic E-state index is 0.0830. The fraction of sp³-hybridized carbons (Fsp3) is 0.318. The van der Waals surface area contributed by atoms with Crippen LogP contribution in [0.15, 0.2) is 51.9 Å². The van der Waals surface area contributed by atoms with E-state index < -0.39 is 5.66 Å². The van der Waals surface area contributed by atoms with Gasteiger partial charge in [-0.25, -0.2) is 0 Å². The number of carbonyl (C=O) groups excluding carboxylic acids is 2. The molecule has 2 amide bonds. The maximum Gasteiger partial charge on any atom is 0.272 e. The fourth-order valence-electron chi connectivity index (χ4n) is 3.76. The van der Waals surface area contributed by atoms with E-state index in [1.54, 1.807) is 6.07 Å². The summed E-state index contributed by atoms with van der Waals surface area (Å²) in [4.78, 5) is 31.8. The fourth-order valence-corrected chi connectivity index (χ4v) is 4.20. The molecule has 2 aromatic carbocycles. The van der Waals surface area contributed by atoms with Crippen molar-refractivity contribution in [3.63, 3.8) is 0 Å². The molecule has 0 unspecified atom stereocenters. The van der Waals surface area contributed by atoms with Crippen LogP contribution in [0.2, 0.25) is 5.02 Å². The van der Waals surface area contributed by atoms with Gasteiger partial charge < -0.3 is 10.6 Å². The first-order valence-electron chi connectivity index (χ1n) is 9.80. The molecular formula is C22H22BrClN4O2. The van der Waals surface area contributed by atoms with E-state index in [0.29, 0.717) is 48.9 Å². The van der Waals surface area contributed by atoms with Crippen LogP contribution in [0.5, 0.6) is 0 Å². The number of hydrogen-bond acceptors (Lipinski definition) is 4. The third kappa shape index (κ3) is 4.58. The summed E-state index contributed by atoms with van der Waals surface area (Å²) in [6.07, 6.45) is 1.34. The maximum atomic E-state index is 12.5. The first-order valence-corrected chi connectivity index (χ1v) is 11.0. The first-order chi connectivity index (χ1) is 14.3. The zero-order chi connectivity index (χ0) is 21.3. The number of carbonyl (C=O) groups is 2. The number of piperidine rings is 1. The highest BCUT2D eigenvalue weighted by molar-refractivity contribution is 9.10. The summed E-state index contributed by atoms with van der Waals surface area (Å²) in [5.74, 6) is -0.222. The molecule has 2 aromatic rings. The molecule has 0 saturated carbocycles. The molecule has 8 heteroatoms. The minimum atomic E-state index is -0.572. The topological polar surface area (TPSA) is 73.8 Å². The Bertz CT molecular complexity index is 1010. The third-order valence-corrected chi connectivity index (χ3v) is 6.45. The van der Waals surface area contributed by atoms with Gasteiger partial charge in [-0.1, -0.05) is 45.7 Å². The van der Waals surface area contributed by atoms with Gasteiger partial charge in [0, 0.05) is 46.7 Å². The number of aryl methyl sites for hydroxylation is 1. The second-order valence-corrected chi connectivity index (χ2v) is 9.06. The Kier molecular flexibility index (Phi) is 5.95. The van der Waals surface area contributed by atoms with Crippen LogP contribution in [-0.2, 0) is 9.59 Å². The molecule has 1 fully saturated rings. The molecule has 1 saturated heterocycles. The number of anilines is 1. The van der Waals surface area contributed by atoms with Gasteiger partial charge in [0.2, 0.25) is 5.91 Å². The lowest BCUT2D eigenvalue weighted by atomic mass is 9.98. The molecule has 156 valence electrons. The van der Waals surface area contributed by atoms with Crippen molar-refractivity contribution in [2.45, 2.75) is 25.4 Å². The molecule has 0 atom stereocenters. The number of hydrogen-bond donors (Lipinski definition) is 2. The van der Waals surface area contributed by atoms with Gasteiger partial charge in [-0.3, -0.25) is 19.5 Å². The summed E-state index contributed by atoms with van der Waals surface area (Å²) in [6, 6.07) is 13.1. The van der Waals surface area contributed by atoms with E-state index in [1.165, 1.54) is 0 Å². The second kappa shape index (κ2) is 8.49. The predicted molar refractivity (Wildman–Crippen MR) is 122 cm³/mol. The molecule has 0 aliphatic carbocycles. The van der Waals surface area contributed by atoms with Crippen LogP contribution in [0.3, 0.4) is 0 Å². The summed E-state index contributed by atoms with van der Waals surface area (Å²) in [5.41, 5.74) is 2.38. The van der Waals surface area contributed by atoms with Crippen molar-refractivity contribution in [3.8, 4) is 0 Å². The van der Waals surface area contributed by atoms with Gasteiger partial charge in [-0.05, 0) is 36.8 Å². The Labute approximate surface area is 188 Å². The Morgan fingerprint density at radius 2 is 1.93 bits per heavy atom. The number of halogens is 2. The number of aliphatic imine (C=N–C) groups is 1. The highest BCUT2D eigenvalue weighted by Crippen LogP contribution is 2.29. The van der Waals surface area contributed by atoms with Gasteiger partial charge in [0.05, 0.1) is 6.54 Å². The Morgan fingerprint density at radius 3 is 2.60 bits per heavy atom. The molecular weight excluding hydrogens is 468 g/mol. The van der Waals surface area contributed by atoms with Crippen molar-refractivity contribution >= 4 is 50.7 Å². The number of amides is 2. The van der Waals surface area contributed by atoms with E-state index in [4.69, 9.17) is 16.6 Å². The predicted octanol–water partition coefficient (Wildman–Crippen LogP) is 3.76. The van der Waals surface area contributed by atoms with E-state index in [9.17, 15) is 9.59 Å². The lowest BCUT2D eigenvalue weighted by molar-refractivity contribution is -0.119. The summed E-state index contributed by atoms with van der Waals surface area (Å²) >= 11 is 9.53. The quantitative estimate of drug-likeness (QED) is 0.687. The molecule has 2 heterocycles. The number of nitrogens with zero attached hydrogens (tertiary/aromatic N) is 2. The summed E-state index contributed by atoms with van der Waals surface area (Å²) in [7, 11) is 0. The van der Waals surface area contributed by atoms with Gasteiger partial charge in [0.25, 0.3) is 5.91 Å². The van der Waals surface area contributed by atoms with E-state index in [1.807, 2.05) is 43.3 Å². The lowest BCUT2D eigenvalue weighted by Crippen LogP contribution is -2.52. The summed E-state index contributed by atoms with van der Waals surface area (Å²) in [6.45, 7) is 3.57. The van der Waals surface area contributed by atoms with Gasteiger partial charge in [-0.15, -0.1) is 0 Å². The standard InChI is InChI=1S/C22H22BrClN4O2/c1-14-2-7-17(12-18(14)24)25-19(29)13-28-10-8-22(9-11-28)26-20(21(30)27-22)15-3-5-16(23)6-4-15/h2-7,12H,8-11,13H2,1H3,(H,25,29)(H,27,30). The van der Waals surface area contributed by atoms with Gasteiger partial charge in [-0.2, -0.15) is 0 Å². The SMILES string of the molecule is Cc1ccc(NC(=O)CN2CCC3(CC2)N=C(c2ccc(Br)cc2)C(=O)N3)cc1Cl. The minimum Gasteiger partial charge on any atom is -0.326 e. The van der Waals surface area contributed by atoms with Crippen LogP contribution < -0.4 is 10.6 Å². The van der Waals surface area contributed by atoms with Gasteiger partial charge >= 0.3 is 0 Å². The van der Waals surface area contributed by atoms with Crippen molar-refractivity contribution in [1.82, 2.24) is 10.2 Å². The number of benzene rings is 2. The molecule has 0 bridgehead atoms. The molecule has 0 aromatic heterocycles. The monoisotopic (exact) mass is 488 g/mol. The normalized spacial score (nSPS) is 18.2. The largest absolute Gasteiger partial charge is 0.326 e. The van der Waals surface area contributed by atoms with Crippen LogP contribution in [0.25, 0.3) is 0 Å². The zero-order valence-electron chi connectivity index (χ0n) is 16.5. The molecule has 4 rings (SSSR count). The second-order valence-electron chi connectivity index (χ2n) is 7.74. The smallest absolute Gasteiger partial charge is 0.272 e. The Morgan fingerprint density at radius 1 is 1.23 bits per heavy atom. The van der Waals surface area contributed by atoms with E-state index in [0.717, 1.165) is 15.6 Å². The highest BCUT2D eigenvalue weighted by atomic mass is 79.9. The van der Waals surface area contributed by atoms with Crippen LogP contribution in [0.4, 0.5) is 5.69 Å². The maximum absolute atomic E-state index is 12.5. The molecule has 2 aliphatic heterocycles. The average molecular weight is 490 g/mol. The molecule has 6 nitrogen and oxygen atoms in total. The zero-order valence-corrected chi connectivity index (χ0v) is 18.9. The van der Waals surface area contributed by atoms with E-state index in [-0.39, 0.29) is 11.8 Å². The third-order valence-electron chi connectivity index (χ3n) is 5.51. The Balaban J connectivity index is 1.35. The number of likely N-dealkylation sites (tertiary alicyclic amines) is 1. The van der Waals surface area contributed by atoms with Crippen molar-refractivity contribution in [2.24, 2.45) is 4.99 Å². The number of rotatable bonds is 4. The summed E-state index contributed by atoms with van der Waals surface area (Å²) in [5, 5.41) is 6.58. The molecule has 2 aliphatic rings. The van der Waals surface area contributed by atoms with Crippen LogP contribution in [-0.4, -0.2) is 47.7 Å². The first kappa shape index (κ1) is 21.0. The number of nitrogens with one attached hydrogen (secondary N) is 2. The molecule has 2 N–H and O–H groups in total. The Hall–Kier alpha value is -2.22. The van der Waals surface area contributed by atoms with Crippen LogP contribution >= 0.6 is 27.5 Å². The van der Waals surface area contributed by atoms with Crippen LogP contribution in [0, 0.1) is 6.92 Å². The van der Waals surface area contributed by atoms with E-state index in [2.05, 4.69) is 31.5 Å².